The molecule has 1 heteroatoms. The molecule has 2 aliphatic rings. The van der Waals surface area contributed by atoms with Gasteiger partial charge in [-0.15, -0.1) is 0 Å². The van der Waals surface area contributed by atoms with Gasteiger partial charge in [0.2, 0.25) is 0 Å². The molecule has 11 heavy (non-hydrogen) atoms. The third kappa shape index (κ3) is 1.96. The summed E-state index contributed by atoms with van der Waals surface area (Å²) in [5.41, 5.74) is 0. The Kier molecular flexibility index (Phi) is 3.38. The van der Waals surface area contributed by atoms with E-state index in [4.69, 9.17) is 0 Å². The van der Waals surface area contributed by atoms with Gasteiger partial charge in [0.15, 0.2) is 0 Å². The molecule has 2 atom stereocenters. The summed E-state index contributed by atoms with van der Waals surface area (Å²) in [5.74, 6) is 2.16. The largest absolute Gasteiger partial charge is 0.306 e. The van der Waals surface area contributed by atoms with Gasteiger partial charge >= 0.3 is 0 Å². The molecule has 0 N–H and O–H groups in total. The van der Waals surface area contributed by atoms with Crippen molar-refractivity contribution < 1.29 is 0 Å². The van der Waals surface area contributed by atoms with Crippen LogP contribution in [-0.4, -0.2) is 25.0 Å². The number of nitrogens with zero attached hydrogens (tertiary/aromatic N) is 1. The third-order valence-corrected chi connectivity index (χ3v) is 2.91. The normalized spacial score (nSPS) is 36.3. The van der Waals surface area contributed by atoms with E-state index in [1.54, 1.807) is 0 Å². The second kappa shape index (κ2) is 4.10. The predicted octanol–water partition coefficient (Wildman–Crippen LogP) is 2.37. The lowest BCUT2D eigenvalue weighted by Crippen LogP contribution is -2.14. The zero-order valence-corrected chi connectivity index (χ0v) is 8.14. The molecule has 1 aliphatic heterocycles. The molecular formula is C10H21N. The first-order valence-corrected chi connectivity index (χ1v) is 5.05. The van der Waals surface area contributed by atoms with Crippen LogP contribution in [0.15, 0.2) is 0 Å². The van der Waals surface area contributed by atoms with Crippen molar-refractivity contribution in [3.63, 3.8) is 0 Å². The summed E-state index contributed by atoms with van der Waals surface area (Å²) in [6, 6.07) is 0. The Morgan fingerprint density at radius 3 is 1.91 bits per heavy atom. The fourth-order valence-corrected chi connectivity index (χ4v) is 2.47. The second-order valence-electron chi connectivity index (χ2n) is 3.67. The minimum Gasteiger partial charge on any atom is -0.306 e. The molecule has 0 bridgehead atoms. The molecular weight excluding hydrogens is 134 g/mol. The first kappa shape index (κ1) is 9.05. The van der Waals surface area contributed by atoms with Crippen molar-refractivity contribution in [2.75, 3.05) is 20.1 Å². The molecule has 2 rings (SSSR count). The summed E-state index contributed by atoms with van der Waals surface area (Å²) in [5, 5.41) is 0. The monoisotopic (exact) mass is 155 g/mol. The Bertz CT molecular complexity index is 99.4. The number of hydrogen-bond acceptors (Lipinski definition) is 1. The Balaban J connectivity index is 0.000000281. The van der Waals surface area contributed by atoms with Gasteiger partial charge in [0.25, 0.3) is 0 Å². The molecule has 0 amide bonds. The van der Waals surface area contributed by atoms with E-state index in [1.165, 1.54) is 32.4 Å². The van der Waals surface area contributed by atoms with Crippen LogP contribution in [0.4, 0.5) is 0 Å². The number of rotatable bonds is 0. The van der Waals surface area contributed by atoms with Crippen molar-refractivity contribution in [3.8, 4) is 0 Å². The molecule has 1 nitrogen and oxygen atoms in total. The van der Waals surface area contributed by atoms with Crippen molar-refractivity contribution in [1.29, 1.82) is 0 Å². The number of likely N-dealkylation sites (tertiary alicyclic amines) is 1. The van der Waals surface area contributed by atoms with Crippen LogP contribution < -0.4 is 0 Å². The molecule has 66 valence electrons. The smallest absolute Gasteiger partial charge is 0.000985 e. The zero-order chi connectivity index (χ0) is 8.27. The minimum absolute atomic E-state index is 1.08. The van der Waals surface area contributed by atoms with E-state index in [1.807, 2.05) is 13.8 Å². The molecule has 1 saturated carbocycles. The van der Waals surface area contributed by atoms with Crippen LogP contribution in [0.2, 0.25) is 0 Å². The topological polar surface area (TPSA) is 3.24 Å². The predicted molar refractivity (Wildman–Crippen MR) is 49.7 cm³/mol. The number of fused-ring (bicyclic) bond motifs is 1. The van der Waals surface area contributed by atoms with Gasteiger partial charge < -0.3 is 4.90 Å². The molecule has 1 aliphatic carbocycles. The first-order chi connectivity index (χ1) is 5.36. The molecule has 2 fully saturated rings. The lowest BCUT2D eigenvalue weighted by atomic mass is 10.0. The quantitative estimate of drug-likeness (QED) is 0.519. The summed E-state index contributed by atoms with van der Waals surface area (Å²) in [6.45, 7) is 6.76. The molecule has 0 aromatic carbocycles. The number of hydrogen-bond donors (Lipinski definition) is 0. The highest BCUT2D eigenvalue weighted by atomic mass is 15.1. The van der Waals surface area contributed by atoms with Crippen LogP contribution in [0.5, 0.6) is 0 Å². The Morgan fingerprint density at radius 2 is 1.45 bits per heavy atom. The maximum absolute atomic E-state index is 2.48. The van der Waals surface area contributed by atoms with E-state index in [9.17, 15) is 0 Å². The molecule has 1 heterocycles. The fourth-order valence-electron chi connectivity index (χ4n) is 2.47. The van der Waals surface area contributed by atoms with Crippen LogP contribution in [0.25, 0.3) is 0 Å². The maximum Gasteiger partial charge on any atom is 0.000985 e. The maximum atomic E-state index is 2.48. The first-order valence-electron chi connectivity index (χ1n) is 5.05. The summed E-state index contributed by atoms with van der Waals surface area (Å²) >= 11 is 0. The van der Waals surface area contributed by atoms with Gasteiger partial charge in [-0.2, -0.15) is 0 Å². The highest BCUT2D eigenvalue weighted by Crippen LogP contribution is 2.36. The van der Waals surface area contributed by atoms with E-state index in [0.717, 1.165) is 11.8 Å². The Labute approximate surface area is 70.8 Å². The fraction of sp³-hybridized carbons (Fsp3) is 1.00. The molecule has 1 saturated heterocycles. The van der Waals surface area contributed by atoms with Crippen molar-refractivity contribution in [1.82, 2.24) is 4.90 Å². The average molecular weight is 155 g/mol. The van der Waals surface area contributed by atoms with Crippen LogP contribution in [0.3, 0.4) is 0 Å². The summed E-state index contributed by atoms with van der Waals surface area (Å²) in [4.78, 5) is 2.48. The van der Waals surface area contributed by atoms with Gasteiger partial charge in [-0.1, -0.05) is 20.3 Å². The van der Waals surface area contributed by atoms with E-state index >= 15 is 0 Å². The van der Waals surface area contributed by atoms with Gasteiger partial charge in [0.1, 0.15) is 0 Å². The lowest BCUT2D eigenvalue weighted by Gasteiger charge is -2.06. The second-order valence-corrected chi connectivity index (χ2v) is 3.67. The van der Waals surface area contributed by atoms with E-state index in [-0.39, 0.29) is 0 Å². The molecule has 0 aromatic rings. The molecule has 0 unspecified atom stereocenters. The molecule has 0 spiro atoms. The molecule has 0 aromatic heterocycles. The third-order valence-electron chi connectivity index (χ3n) is 2.91. The summed E-state index contributed by atoms with van der Waals surface area (Å²) in [7, 11) is 2.25. The minimum atomic E-state index is 1.08. The van der Waals surface area contributed by atoms with Crippen molar-refractivity contribution >= 4 is 0 Å². The van der Waals surface area contributed by atoms with Gasteiger partial charge in [-0.25, -0.2) is 0 Å². The lowest BCUT2D eigenvalue weighted by molar-refractivity contribution is 0.379. The average Bonchev–Trinajstić information content (AvgIpc) is 2.51. The Hall–Kier alpha value is -0.0400. The highest BCUT2D eigenvalue weighted by molar-refractivity contribution is 4.86. The van der Waals surface area contributed by atoms with E-state index < -0.39 is 0 Å². The standard InChI is InChI=1S/C8H15N.C2H6/c1-9-5-7-3-2-4-8(7)6-9;1-2/h7-8H,2-6H2,1H3;1-2H3/t7-,8+;. The Morgan fingerprint density at radius 1 is 1.00 bits per heavy atom. The van der Waals surface area contributed by atoms with Crippen molar-refractivity contribution in [3.05, 3.63) is 0 Å². The van der Waals surface area contributed by atoms with Crippen LogP contribution in [0.1, 0.15) is 33.1 Å². The van der Waals surface area contributed by atoms with Gasteiger partial charge in [0.05, 0.1) is 0 Å². The van der Waals surface area contributed by atoms with E-state index in [0.29, 0.717) is 0 Å². The van der Waals surface area contributed by atoms with Crippen molar-refractivity contribution in [2.45, 2.75) is 33.1 Å². The van der Waals surface area contributed by atoms with Crippen molar-refractivity contribution in [2.24, 2.45) is 11.8 Å². The molecule has 0 radical (unpaired) electrons. The van der Waals surface area contributed by atoms with E-state index in [2.05, 4.69) is 11.9 Å². The zero-order valence-electron chi connectivity index (χ0n) is 8.14. The van der Waals surface area contributed by atoms with Crippen LogP contribution >= 0.6 is 0 Å². The highest BCUT2D eigenvalue weighted by Gasteiger charge is 2.33. The van der Waals surface area contributed by atoms with Gasteiger partial charge in [0, 0.05) is 13.1 Å². The van der Waals surface area contributed by atoms with Gasteiger partial charge in [-0.3, -0.25) is 0 Å². The SMILES string of the molecule is CC.CN1C[C@H]2CCC[C@H]2C1. The van der Waals surface area contributed by atoms with Crippen LogP contribution in [-0.2, 0) is 0 Å². The van der Waals surface area contributed by atoms with Crippen LogP contribution in [0, 0.1) is 11.8 Å². The summed E-state index contributed by atoms with van der Waals surface area (Å²) < 4.78 is 0. The summed E-state index contributed by atoms with van der Waals surface area (Å²) in [6.07, 6.45) is 4.52. The van der Waals surface area contributed by atoms with Gasteiger partial charge in [-0.05, 0) is 31.7 Å².